The average molecular weight is 277 g/mol. The summed E-state index contributed by atoms with van der Waals surface area (Å²) >= 11 is -1.80. The van der Waals surface area contributed by atoms with Crippen molar-refractivity contribution in [3.05, 3.63) is 0 Å². The van der Waals surface area contributed by atoms with Crippen molar-refractivity contribution in [1.29, 1.82) is 0 Å². The molecule has 0 radical (unpaired) electrons. The van der Waals surface area contributed by atoms with Gasteiger partial charge in [-0.25, -0.2) is 0 Å². The van der Waals surface area contributed by atoms with Crippen molar-refractivity contribution in [1.82, 2.24) is 0 Å². The number of hydrogen-bond donors (Lipinski definition) is 1. The normalized spacial score (nSPS) is 38.2. The van der Waals surface area contributed by atoms with Crippen LogP contribution in [-0.4, -0.2) is 29.6 Å². The van der Waals surface area contributed by atoms with Crippen molar-refractivity contribution in [3.8, 4) is 0 Å². The molecule has 0 spiro atoms. The van der Waals surface area contributed by atoms with E-state index in [0.29, 0.717) is 0 Å². The summed E-state index contributed by atoms with van der Waals surface area (Å²) in [6.45, 7) is 2.26. The van der Waals surface area contributed by atoms with Gasteiger partial charge in [-0.3, -0.25) is 0 Å². The summed E-state index contributed by atoms with van der Waals surface area (Å²) in [5, 5.41) is 9.93. The van der Waals surface area contributed by atoms with Gasteiger partial charge in [0.2, 0.25) is 0 Å². The van der Waals surface area contributed by atoms with Gasteiger partial charge in [-0.1, -0.05) is 0 Å². The zero-order valence-electron chi connectivity index (χ0n) is 8.80. The summed E-state index contributed by atoms with van der Waals surface area (Å²) in [7, 11) is 0. The average Bonchev–Trinajstić information content (AvgIpc) is 1.83. The van der Waals surface area contributed by atoms with Crippen LogP contribution >= 0.6 is 0 Å². The first-order valence-corrected chi connectivity index (χ1v) is 15.3. The van der Waals surface area contributed by atoms with Crippen LogP contribution in [0.5, 0.6) is 0 Å². The molecule has 0 aromatic carbocycles. The topological polar surface area (TPSA) is 20.2 Å². The van der Waals surface area contributed by atoms with E-state index in [1.54, 1.807) is 0 Å². The Bertz CT molecular complexity index is 150. The maximum atomic E-state index is 9.93. The Morgan fingerprint density at radius 3 is 2.17 bits per heavy atom. The molecule has 0 unspecified atom stereocenters. The van der Waals surface area contributed by atoms with E-state index in [4.69, 9.17) is 0 Å². The molecular weight excluding hydrogens is 255 g/mol. The van der Waals surface area contributed by atoms with Crippen LogP contribution in [0.3, 0.4) is 0 Å². The molecule has 0 heterocycles. The Kier molecular flexibility index (Phi) is 3.49. The van der Waals surface area contributed by atoms with Crippen LogP contribution in [0.2, 0.25) is 18.8 Å². The van der Waals surface area contributed by atoms with Gasteiger partial charge < -0.3 is 0 Å². The van der Waals surface area contributed by atoms with Crippen LogP contribution in [0.4, 0.5) is 0 Å². The van der Waals surface area contributed by atoms with Gasteiger partial charge in [-0.05, 0) is 0 Å². The molecule has 1 nitrogen and oxygen atoms in total. The zero-order chi connectivity index (χ0) is 9.35. The fourth-order valence-electron chi connectivity index (χ4n) is 2.36. The summed E-state index contributed by atoms with van der Waals surface area (Å²) in [5.74, 6) is 0.755. The predicted molar refractivity (Wildman–Crippen MR) is 56.1 cm³/mol. The van der Waals surface area contributed by atoms with E-state index >= 15 is 0 Å². The Morgan fingerprint density at radius 2 is 1.75 bits per heavy atom. The molecule has 1 fully saturated rings. The van der Waals surface area contributed by atoms with Crippen LogP contribution < -0.4 is 0 Å². The van der Waals surface area contributed by atoms with Crippen molar-refractivity contribution < 1.29 is 5.11 Å². The van der Waals surface area contributed by atoms with Crippen molar-refractivity contribution in [3.63, 3.8) is 0 Å². The molecular formula is C10H22OSn. The minimum atomic E-state index is -1.80. The van der Waals surface area contributed by atoms with Gasteiger partial charge in [0.05, 0.1) is 0 Å². The summed E-state index contributed by atoms with van der Waals surface area (Å²) in [6.07, 6.45) is 3.72. The van der Waals surface area contributed by atoms with Gasteiger partial charge in [0, 0.05) is 0 Å². The number of rotatable bonds is 1. The molecule has 1 aliphatic carbocycles. The van der Waals surface area contributed by atoms with Crippen LogP contribution in [0.15, 0.2) is 0 Å². The van der Waals surface area contributed by atoms with Crippen molar-refractivity contribution >= 4 is 18.4 Å². The molecule has 12 heavy (non-hydrogen) atoms. The fourth-order valence-corrected chi connectivity index (χ4v) is 8.99. The molecule has 1 N–H and O–H groups in total. The molecule has 0 aromatic heterocycles. The van der Waals surface area contributed by atoms with E-state index in [0.717, 1.165) is 16.3 Å². The predicted octanol–water partition coefficient (Wildman–Crippen LogP) is 2.88. The second kappa shape index (κ2) is 3.87. The first-order chi connectivity index (χ1) is 5.41. The Labute approximate surface area is 80.4 Å². The fraction of sp³-hybridized carbons (Fsp3) is 1.00. The Hall–Kier alpha value is 0.759. The minimum absolute atomic E-state index is 0.0320. The van der Waals surface area contributed by atoms with E-state index in [2.05, 4.69) is 21.7 Å². The van der Waals surface area contributed by atoms with E-state index in [1.165, 1.54) is 12.8 Å². The maximum absolute atomic E-state index is 9.93. The molecule has 3 atom stereocenters. The Balaban J connectivity index is 2.57. The second-order valence-corrected chi connectivity index (χ2v) is 21.1. The third kappa shape index (κ3) is 2.62. The molecule has 72 valence electrons. The summed E-state index contributed by atoms with van der Waals surface area (Å²) < 4.78 is 0.718. The molecule has 0 bridgehead atoms. The molecule has 0 amide bonds. The second-order valence-electron chi connectivity index (χ2n) is 5.46. The molecule has 0 aliphatic heterocycles. The molecule has 1 aliphatic rings. The Morgan fingerprint density at radius 1 is 1.17 bits per heavy atom. The molecule has 0 saturated heterocycles. The SMILES string of the molecule is C[C@@H]1CC[C@H]([Sn]([CH3])([CH3])[CH3])[C@@H](O)C1. The molecule has 1 saturated carbocycles. The molecule has 0 aromatic rings. The standard InChI is InChI=1S/C7H13O.3CH3.Sn/c1-6-3-2-4-7(8)5-6;;;;/h4,6-8H,2-3,5H2,1H3;3*1H3;/t6-,7-;;;;/m1..../s1. The summed E-state index contributed by atoms with van der Waals surface area (Å²) in [5.41, 5.74) is 0. The van der Waals surface area contributed by atoms with Crippen LogP contribution in [0.25, 0.3) is 0 Å². The number of aliphatic hydroxyl groups excluding tert-OH is 1. The van der Waals surface area contributed by atoms with Crippen LogP contribution in [-0.2, 0) is 0 Å². The number of aliphatic hydroxyl groups is 1. The number of hydrogen-bond acceptors (Lipinski definition) is 1. The zero-order valence-corrected chi connectivity index (χ0v) is 11.7. The van der Waals surface area contributed by atoms with E-state index in [9.17, 15) is 5.11 Å². The van der Waals surface area contributed by atoms with Gasteiger partial charge >= 0.3 is 80.4 Å². The van der Waals surface area contributed by atoms with Gasteiger partial charge in [0.15, 0.2) is 0 Å². The van der Waals surface area contributed by atoms with Gasteiger partial charge in [0.1, 0.15) is 0 Å². The van der Waals surface area contributed by atoms with Crippen molar-refractivity contribution in [2.24, 2.45) is 5.92 Å². The van der Waals surface area contributed by atoms with Crippen molar-refractivity contribution in [2.75, 3.05) is 0 Å². The quantitative estimate of drug-likeness (QED) is 0.731. The van der Waals surface area contributed by atoms with Gasteiger partial charge in [0.25, 0.3) is 0 Å². The van der Waals surface area contributed by atoms with Gasteiger partial charge in [-0.2, -0.15) is 0 Å². The summed E-state index contributed by atoms with van der Waals surface area (Å²) in [4.78, 5) is 7.33. The van der Waals surface area contributed by atoms with E-state index < -0.39 is 18.4 Å². The van der Waals surface area contributed by atoms with E-state index in [-0.39, 0.29) is 6.10 Å². The van der Waals surface area contributed by atoms with Crippen LogP contribution in [0, 0.1) is 5.92 Å². The molecule has 2 heteroatoms. The first kappa shape index (κ1) is 10.8. The monoisotopic (exact) mass is 278 g/mol. The van der Waals surface area contributed by atoms with Gasteiger partial charge in [-0.15, -0.1) is 0 Å². The van der Waals surface area contributed by atoms with E-state index in [1.807, 2.05) is 0 Å². The van der Waals surface area contributed by atoms with Crippen LogP contribution in [0.1, 0.15) is 26.2 Å². The molecule has 1 rings (SSSR count). The van der Waals surface area contributed by atoms with Crippen molar-refractivity contribution in [2.45, 2.75) is 51.0 Å². The third-order valence-electron chi connectivity index (χ3n) is 3.19. The summed E-state index contributed by atoms with van der Waals surface area (Å²) in [6, 6.07) is 0. The third-order valence-corrected chi connectivity index (χ3v) is 11.5. The first-order valence-electron chi connectivity index (χ1n) is 5.09.